The van der Waals surface area contributed by atoms with Gasteiger partial charge in [-0.25, -0.2) is 9.97 Å². The molecule has 0 fully saturated rings. The average molecular weight is 228 g/mol. The highest BCUT2D eigenvalue weighted by molar-refractivity contribution is 5.92. The number of hydrogen-bond donors (Lipinski definition) is 2. The van der Waals surface area contributed by atoms with Crippen molar-refractivity contribution in [3.8, 4) is 11.1 Å². The van der Waals surface area contributed by atoms with Crippen molar-refractivity contribution >= 4 is 11.6 Å². The Hall–Kier alpha value is -2.27. The zero-order chi connectivity index (χ0) is 12.1. The largest absolute Gasteiger partial charge is 0.325 e. The van der Waals surface area contributed by atoms with E-state index in [1.54, 1.807) is 18.5 Å². The number of carbonyl (C=O) groups excluding carboxylic acids is 1. The van der Waals surface area contributed by atoms with Gasteiger partial charge in [-0.3, -0.25) is 4.79 Å². The normalized spacial score (nSPS) is 9.94. The molecule has 0 bridgehead atoms. The van der Waals surface area contributed by atoms with Crippen molar-refractivity contribution in [3.05, 3.63) is 43.0 Å². The van der Waals surface area contributed by atoms with Gasteiger partial charge in [0.15, 0.2) is 0 Å². The molecule has 5 nitrogen and oxygen atoms in total. The molecule has 86 valence electrons. The van der Waals surface area contributed by atoms with E-state index in [1.807, 2.05) is 18.2 Å². The van der Waals surface area contributed by atoms with Crippen molar-refractivity contribution in [1.82, 2.24) is 9.97 Å². The van der Waals surface area contributed by atoms with Gasteiger partial charge in [0.05, 0.1) is 6.54 Å². The molecule has 0 saturated heterocycles. The third-order valence-electron chi connectivity index (χ3n) is 2.23. The summed E-state index contributed by atoms with van der Waals surface area (Å²) < 4.78 is 0. The molecule has 0 unspecified atom stereocenters. The van der Waals surface area contributed by atoms with Gasteiger partial charge in [-0.1, -0.05) is 12.1 Å². The maximum absolute atomic E-state index is 11.2. The lowest BCUT2D eigenvalue weighted by molar-refractivity contribution is -0.114. The van der Waals surface area contributed by atoms with Gasteiger partial charge in [0, 0.05) is 23.6 Å². The average Bonchev–Trinajstić information content (AvgIpc) is 2.40. The molecule has 1 aromatic heterocycles. The summed E-state index contributed by atoms with van der Waals surface area (Å²) in [6, 6.07) is 7.44. The van der Waals surface area contributed by atoms with Crippen LogP contribution >= 0.6 is 0 Å². The second-order valence-electron chi connectivity index (χ2n) is 3.46. The highest BCUT2D eigenvalue weighted by Crippen LogP contribution is 2.20. The van der Waals surface area contributed by atoms with E-state index in [4.69, 9.17) is 5.73 Å². The molecule has 3 N–H and O–H groups in total. The van der Waals surface area contributed by atoms with Gasteiger partial charge in [0.1, 0.15) is 6.33 Å². The summed E-state index contributed by atoms with van der Waals surface area (Å²) in [6.07, 6.45) is 4.91. The Morgan fingerprint density at radius 2 is 2.00 bits per heavy atom. The summed E-state index contributed by atoms with van der Waals surface area (Å²) >= 11 is 0. The van der Waals surface area contributed by atoms with E-state index in [1.165, 1.54) is 6.33 Å². The SMILES string of the molecule is NCC(=O)Nc1cccc(-c2cncnc2)c1. The number of hydrogen-bond acceptors (Lipinski definition) is 4. The van der Waals surface area contributed by atoms with Crippen LogP contribution in [0.15, 0.2) is 43.0 Å². The number of benzene rings is 1. The number of anilines is 1. The van der Waals surface area contributed by atoms with Crippen molar-refractivity contribution < 1.29 is 4.79 Å². The van der Waals surface area contributed by atoms with Crippen LogP contribution in [0.4, 0.5) is 5.69 Å². The molecule has 0 radical (unpaired) electrons. The Labute approximate surface area is 98.7 Å². The predicted octanol–water partition coefficient (Wildman–Crippen LogP) is 1.04. The van der Waals surface area contributed by atoms with Crippen LogP contribution in [-0.2, 0) is 4.79 Å². The monoisotopic (exact) mass is 228 g/mol. The molecule has 5 heteroatoms. The Morgan fingerprint density at radius 1 is 1.24 bits per heavy atom. The first-order chi connectivity index (χ1) is 8.29. The van der Waals surface area contributed by atoms with E-state index in [-0.39, 0.29) is 12.5 Å². The second kappa shape index (κ2) is 5.18. The lowest BCUT2D eigenvalue weighted by Gasteiger charge is -2.06. The van der Waals surface area contributed by atoms with Crippen molar-refractivity contribution in [1.29, 1.82) is 0 Å². The third-order valence-corrected chi connectivity index (χ3v) is 2.23. The summed E-state index contributed by atoms with van der Waals surface area (Å²) in [5.74, 6) is -0.216. The molecular weight excluding hydrogens is 216 g/mol. The van der Waals surface area contributed by atoms with Gasteiger partial charge in [0.2, 0.25) is 5.91 Å². The lowest BCUT2D eigenvalue weighted by Crippen LogP contribution is -2.21. The minimum Gasteiger partial charge on any atom is -0.325 e. The van der Waals surface area contributed by atoms with Crippen LogP contribution in [0.1, 0.15) is 0 Å². The molecule has 0 spiro atoms. The first kappa shape index (κ1) is 11.2. The molecule has 2 aromatic rings. The zero-order valence-electron chi connectivity index (χ0n) is 9.13. The number of carbonyl (C=O) groups is 1. The first-order valence-electron chi connectivity index (χ1n) is 5.15. The zero-order valence-corrected chi connectivity index (χ0v) is 9.13. The van der Waals surface area contributed by atoms with E-state index < -0.39 is 0 Å². The molecule has 1 amide bonds. The Bertz CT molecular complexity index is 513. The number of nitrogens with zero attached hydrogens (tertiary/aromatic N) is 2. The van der Waals surface area contributed by atoms with Crippen LogP contribution < -0.4 is 11.1 Å². The van der Waals surface area contributed by atoms with Gasteiger partial charge < -0.3 is 11.1 Å². The summed E-state index contributed by atoms with van der Waals surface area (Å²) in [5, 5.41) is 2.70. The highest BCUT2D eigenvalue weighted by Gasteiger charge is 2.02. The number of amides is 1. The Kier molecular flexibility index (Phi) is 3.42. The van der Waals surface area contributed by atoms with Crippen LogP contribution in [0, 0.1) is 0 Å². The minimum atomic E-state index is -0.216. The quantitative estimate of drug-likeness (QED) is 0.822. The van der Waals surface area contributed by atoms with Crippen LogP contribution in [0.3, 0.4) is 0 Å². The number of nitrogens with one attached hydrogen (secondary N) is 1. The van der Waals surface area contributed by atoms with Crippen LogP contribution in [0.25, 0.3) is 11.1 Å². The second-order valence-corrected chi connectivity index (χ2v) is 3.46. The fourth-order valence-electron chi connectivity index (χ4n) is 1.44. The molecule has 2 rings (SSSR count). The van der Waals surface area contributed by atoms with Gasteiger partial charge in [0.25, 0.3) is 0 Å². The number of rotatable bonds is 3. The molecule has 0 saturated carbocycles. The van der Waals surface area contributed by atoms with Gasteiger partial charge >= 0.3 is 0 Å². The molecule has 0 aliphatic carbocycles. The summed E-state index contributed by atoms with van der Waals surface area (Å²) in [5.41, 5.74) is 7.79. The topological polar surface area (TPSA) is 80.9 Å². The first-order valence-corrected chi connectivity index (χ1v) is 5.15. The van der Waals surface area contributed by atoms with Crippen LogP contribution in [0.5, 0.6) is 0 Å². The molecule has 0 aliphatic heterocycles. The Morgan fingerprint density at radius 3 is 2.71 bits per heavy atom. The van der Waals surface area contributed by atoms with Crippen molar-refractivity contribution in [2.45, 2.75) is 0 Å². The number of aromatic nitrogens is 2. The van der Waals surface area contributed by atoms with Crippen molar-refractivity contribution in [2.24, 2.45) is 5.73 Å². The summed E-state index contributed by atoms with van der Waals surface area (Å²) in [7, 11) is 0. The van der Waals surface area contributed by atoms with Gasteiger partial charge in [-0.05, 0) is 17.7 Å². The van der Waals surface area contributed by atoms with E-state index in [0.717, 1.165) is 11.1 Å². The summed E-state index contributed by atoms with van der Waals surface area (Å²) in [6.45, 7) is -0.0291. The molecule has 1 aromatic carbocycles. The maximum atomic E-state index is 11.2. The smallest absolute Gasteiger partial charge is 0.238 e. The Balaban J connectivity index is 2.26. The van der Waals surface area contributed by atoms with Gasteiger partial charge in [-0.15, -0.1) is 0 Å². The fourth-order valence-corrected chi connectivity index (χ4v) is 1.44. The third kappa shape index (κ3) is 2.85. The molecule has 0 atom stereocenters. The fraction of sp³-hybridized carbons (Fsp3) is 0.0833. The highest BCUT2D eigenvalue weighted by atomic mass is 16.1. The standard InChI is InChI=1S/C12H12N4O/c13-5-12(17)16-11-3-1-2-9(4-11)10-6-14-8-15-7-10/h1-4,6-8H,5,13H2,(H,16,17). The lowest BCUT2D eigenvalue weighted by atomic mass is 10.1. The van der Waals surface area contributed by atoms with E-state index in [2.05, 4.69) is 15.3 Å². The van der Waals surface area contributed by atoms with Crippen LogP contribution in [-0.4, -0.2) is 22.4 Å². The predicted molar refractivity (Wildman–Crippen MR) is 65.2 cm³/mol. The van der Waals surface area contributed by atoms with E-state index in [9.17, 15) is 4.79 Å². The van der Waals surface area contributed by atoms with E-state index >= 15 is 0 Å². The van der Waals surface area contributed by atoms with Gasteiger partial charge in [-0.2, -0.15) is 0 Å². The molecular formula is C12H12N4O. The maximum Gasteiger partial charge on any atom is 0.238 e. The van der Waals surface area contributed by atoms with E-state index in [0.29, 0.717) is 5.69 Å². The van der Waals surface area contributed by atoms with Crippen molar-refractivity contribution in [2.75, 3.05) is 11.9 Å². The van der Waals surface area contributed by atoms with Crippen LogP contribution in [0.2, 0.25) is 0 Å². The molecule has 0 aliphatic rings. The number of nitrogens with two attached hydrogens (primary N) is 1. The molecule has 17 heavy (non-hydrogen) atoms. The summed E-state index contributed by atoms with van der Waals surface area (Å²) in [4.78, 5) is 19.1. The molecule has 1 heterocycles. The van der Waals surface area contributed by atoms with Crippen molar-refractivity contribution in [3.63, 3.8) is 0 Å². The minimum absolute atomic E-state index is 0.0291.